The van der Waals surface area contributed by atoms with Crippen molar-refractivity contribution in [3.05, 3.63) is 35.9 Å². The lowest BCUT2D eigenvalue weighted by Gasteiger charge is -2.29. The van der Waals surface area contributed by atoms with Crippen LogP contribution in [-0.4, -0.2) is 50.7 Å². The first-order valence-electron chi connectivity index (χ1n) is 8.17. The number of esters is 1. The van der Waals surface area contributed by atoms with Gasteiger partial charge in [0.05, 0.1) is 13.0 Å². The summed E-state index contributed by atoms with van der Waals surface area (Å²) in [6, 6.07) is 10.4. The van der Waals surface area contributed by atoms with Crippen LogP contribution in [0.2, 0.25) is 0 Å². The predicted molar refractivity (Wildman–Crippen MR) is 86.7 cm³/mol. The Bertz CT molecular complexity index is 511. The van der Waals surface area contributed by atoms with Crippen LogP contribution >= 0.6 is 0 Å². The van der Waals surface area contributed by atoms with Gasteiger partial charge in [0.2, 0.25) is 0 Å². The van der Waals surface area contributed by atoms with E-state index in [0.717, 1.165) is 32.7 Å². The average Bonchev–Trinajstić information content (AvgIpc) is 3.14. The Balaban J connectivity index is 1.75. The largest absolute Gasteiger partial charge is 0.469 e. The molecule has 0 bridgehead atoms. The number of hydrogen-bond acceptors (Lipinski definition) is 4. The van der Waals surface area contributed by atoms with E-state index in [0.29, 0.717) is 5.41 Å². The van der Waals surface area contributed by atoms with Gasteiger partial charge in [0.25, 0.3) is 0 Å². The Kier molecular flexibility index (Phi) is 4.50. The Morgan fingerprint density at radius 2 is 2.14 bits per heavy atom. The molecular formula is C18H26N2O2. The summed E-state index contributed by atoms with van der Waals surface area (Å²) in [6.45, 7) is 7.32. The van der Waals surface area contributed by atoms with Gasteiger partial charge in [-0.1, -0.05) is 37.3 Å². The zero-order valence-electron chi connectivity index (χ0n) is 13.5. The molecule has 1 N–H and O–H groups in total. The van der Waals surface area contributed by atoms with Gasteiger partial charge in [0.1, 0.15) is 0 Å². The zero-order valence-corrected chi connectivity index (χ0v) is 13.5. The molecule has 2 heterocycles. The van der Waals surface area contributed by atoms with Crippen molar-refractivity contribution in [3.63, 3.8) is 0 Å². The standard InChI is InChI=1S/C18H26N2O2/c1-18(8-9-19-12-18)13-20-10-15(14-6-4-3-5-7-14)16(11-20)17(21)22-2/h3-7,15-16,19H,8-13H2,1-2H3/t15-,16+,18?/m0/s1. The Hall–Kier alpha value is -1.39. The smallest absolute Gasteiger partial charge is 0.310 e. The molecule has 0 radical (unpaired) electrons. The van der Waals surface area contributed by atoms with Gasteiger partial charge in [0.15, 0.2) is 0 Å². The first kappa shape index (κ1) is 15.5. The number of methoxy groups -OCH3 is 1. The van der Waals surface area contributed by atoms with Crippen LogP contribution < -0.4 is 5.32 Å². The van der Waals surface area contributed by atoms with Gasteiger partial charge in [-0.25, -0.2) is 0 Å². The maximum Gasteiger partial charge on any atom is 0.310 e. The van der Waals surface area contributed by atoms with Crippen molar-refractivity contribution in [3.8, 4) is 0 Å². The minimum Gasteiger partial charge on any atom is -0.469 e. The molecule has 1 aromatic rings. The molecule has 120 valence electrons. The number of likely N-dealkylation sites (tertiary alicyclic amines) is 1. The van der Waals surface area contributed by atoms with Crippen LogP contribution in [0.15, 0.2) is 30.3 Å². The lowest BCUT2D eigenvalue weighted by Crippen LogP contribution is -2.36. The molecule has 0 saturated carbocycles. The maximum atomic E-state index is 12.2. The predicted octanol–water partition coefficient (Wildman–Crippen LogP) is 1.87. The zero-order chi connectivity index (χ0) is 15.6. The Labute approximate surface area is 132 Å². The first-order chi connectivity index (χ1) is 10.6. The van der Waals surface area contributed by atoms with E-state index in [-0.39, 0.29) is 17.8 Å². The van der Waals surface area contributed by atoms with E-state index < -0.39 is 0 Å². The number of carbonyl (C=O) groups is 1. The monoisotopic (exact) mass is 302 g/mol. The number of nitrogens with one attached hydrogen (secondary N) is 1. The molecule has 2 aliphatic rings. The van der Waals surface area contributed by atoms with Crippen LogP contribution in [0.3, 0.4) is 0 Å². The second-order valence-corrected chi connectivity index (χ2v) is 7.08. The highest BCUT2D eigenvalue weighted by Gasteiger charge is 2.41. The SMILES string of the molecule is COC(=O)[C@@H]1CN(CC2(C)CCNC2)C[C@H]1c1ccccc1. The van der Waals surface area contributed by atoms with Gasteiger partial charge >= 0.3 is 5.97 Å². The molecule has 1 unspecified atom stereocenters. The fraction of sp³-hybridized carbons (Fsp3) is 0.611. The van der Waals surface area contributed by atoms with E-state index in [9.17, 15) is 4.79 Å². The molecule has 2 saturated heterocycles. The van der Waals surface area contributed by atoms with Crippen LogP contribution in [-0.2, 0) is 9.53 Å². The van der Waals surface area contributed by atoms with E-state index in [1.54, 1.807) is 0 Å². The molecule has 1 aromatic carbocycles. The summed E-state index contributed by atoms with van der Waals surface area (Å²) < 4.78 is 5.05. The highest BCUT2D eigenvalue weighted by atomic mass is 16.5. The summed E-state index contributed by atoms with van der Waals surface area (Å²) in [7, 11) is 1.50. The van der Waals surface area contributed by atoms with E-state index in [2.05, 4.69) is 41.4 Å². The minimum absolute atomic E-state index is 0.0506. The van der Waals surface area contributed by atoms with Crippen molar-refractivity contribution in [2.75, 3.05) is 39.8 Å². The van der Waals surface area contributed by atoms with Gasteiger partial charge in [-0.15, -0.1) is 0 Å². The van der Waals surface area contributed by atoms with Gasteiger partial charge in [0, 0.05) is 32.1 Å². The molecule has 0 amide bonds. The lowest BCUT2D eigenvalue weighted by molar-refractivity contribution is -0.145. The highest BCUT2D eigenvalue weighted by molar-refractivity contribution is 5.74. The quantitative estimate of drug-likeness (QED) is 0.862. The fourth-order valence-corrected chi connectivity index (χ4v) is 3.99. The van der Waals surface area contributed by atoms with E-state index >= 15 is 0 Å². The van der Waals surface area contributed by atoms with Gasteiger partial charge in [-0.2, -0.15) is 0 Å². The van der Waals surface area contributed by atoms with Crippen molar-refractivity contribution >= 4 is 5.97 Å². The number of nitrogens with zero attached hydrogens (tertiary/aromatic N) is 1. The summed E-state index contributed by atoms with van der Waals surface area (Å²) >= 11 is 0. The number of ether oxygens (including phenoxy) is 1. The number of benzene rings is 1. The van der Waals surface area contributed by atoms with Crippen molar-refractivity contribution in [2.24, 2.45) is 11.3 Å². The van der Waals surface area contributed by atoms with E-state index in [4.69, 9.17) is 4.74 Å². The third kappa shape index (κ3) is 3.18. The third-order valence-corrected chi connectivity index (χ3v) is 5.19. The number of carbonyl (C=O) groups excluding carboxylic acids is 1. The van der Waals surface area contributed by atoms with Gasteiger partial charge in [-0.05, 0) is 23.9 Å². The first-order valence-corrected chi connectivity index (χ1v) is 8.17. The second kappa shape index (κ2) is 6.39. The molecule has 2 aliphatic heterocycles. The molecule has 22 heavy (non-hydrogen) atoms. The minimum atomic E-state index is -0.0777. The van der Waals surface area contributed by atoms with Gasteiger partial charge in [-0.3, -0.25) is 4.79 Å². The lowest BCUT2D eigenvalue weighted by atomic mass is 9.89. The van der Waals surface area contributed by atoms with E-state index in [1.807, 2.05) is 6.07 Å². The molecule has 2 fully saturated rings. The molecule has 3 rings (SSSR count). The van der Waals surface area contributed by atoms with E-state index in [1.165, 1.54) is 19.1 Å². The van der Waals surface area contributed by atoms with Crippen molar-refractivity contribution in [1.82, 2.24) is 10.2 Å². The summed E-state index contributed by atoms with van der Waals surface area (Å²) in [6.07, 6.45) is 1.21. The molecular weight excluding hydrogens is 276 g/mol. The number of rotatable bonds is 4. The normalized spacial score (nSPS) is 32.3. The van der Waals surface area contributed by atoms with Crippen LogP contribution in [0.4, 0.5) is 0 Å². The van der Waals surface area contributed by atoms with Crippen LogP contribution in [0.1, 0.15) is 24.8 Å². The average molecular weight is 302 g/mol. The maximum absolute atomic E-state index is 12.2. The Morgan fingerprint density at radius 1 is 1.36 bits per heavy atom. The van der Waals surface area contributed by atoms with Crippen molar-refractivity contribution in [2.45, 2.75) is 19.3 Å². The molecule has 0 aliphatic carbocycles. The number of hydrogen-bond donors (Lipinski definition) is 1. The molecule has 4 nitrogen and oxygen atoms in total. The summed E-state index contributed by atoms with van der Waals surface area (Å²) in [5, 5.41) is 3.46. The van der Waals surface area contributed by atoms with Crippen molar-refractivity contribution < 1.29 is 9.53 Å². The third-order valence-electron chi connectivity index (χ3n) is 5.19. The molecule has 0 spiro atoms. The van der Waals surface area contributed by atoms with Crippen LogP contribution in [0, 0.1) is 11.3 Å². The van der Waals surface area contributed by atoms with Crippen molar-refractivity contribution in [1.29, 1.82) is 0 Å². The van der Waals surface area contributed by atoms with Gasteiger partial charge < -0.3 is 15.0 Å². The molecule has 0 aromatic heterocycles. The Morgan fingerprint density at radius 3 is 2.77 bits per heavy atom. The molecule has 4 heteroatoms. The fourth-order valence-electron chi connectivity index (χ4n) is 3.99. The second-order valence-electron chi connectivity index (χ2n) is 7.08. The summed E-state index contributed by atoms with van der Waals surface area (Å²) in [5.74, 6) is 0.114. The van der Waals surface area contributed by atoms with Crippen LogP contribution in [0.25, 0.3) is 0 Å². The topological polar surface area (TPSA) is 41.6 Å². The molecule has 3 atom stereocenters. The summed E-state index contributed by atoms with van der Waals surface area (Å²) in [5.41, 5.74) is 1.57. The highest BCUT2D eigenvalue weighted by Crippen LogP contribution is 2.36. The summed E-state index contributed by atoms with van der Waals surface area (Å²) in [4.78, 5) is 14.6. The van der Waals surface area contributed by atoms with Crippen LogP contribution in [0.5, 0.6) is 0 Å².